The van der Waals surface area contributed by atoms with E-state index < -0.39 is 0 Å². The van der Waals surface area contributed by atoms with Crippen molar-refractivity contribution in [2.24, 2.45) is 0 Å². The highest BCUT2D eigenvalue weighted by molar-refractivity contribution is 5.42. The Labute approximate surface area is 125 Å². The van der Waals surface area contributed by atoms with Crippen molar-refractivity contribution >= 4 is 0 Å². The molecular weight excluding hydrogens is 266 g/mol. The summed E-state index contributed by atoms with van der Waals surface area (Å²) in [4.78, 5) is 5.45. The van der Waals surface area contributed by atoms with E-state index in [1.165, 1.54) is 0 Å². The fraction of sp³-hybridized carbons (Fsp3) is 0.294. The molecule has 0 heterocycles. The first-order valence-corrected chi connectivity index (χ1v) is 7.01. The number of benzene rings is 2. The van der Waals surface area contributed by atoms with Crippen molar-refractivity contribution in [3.05, 3.63) is 59.7 Å². The Bertz CT molecular complexity index is 543. The van der Waals surface area contributed by atoms with Crippen LogP contribution < -0.4 is 15.0 Å². The van der Waals surface area contributed by atoms with Gasteiger partial charge in [0.2, 0.25) is 0 Å². The van der Waals surface area contributed by atoms with Crippen LogP contribution in [0, 0.1) is 0 Å². The van der Waals surface area contributed by atoms with Crippen molar-refractivity contribution < 1.29 is 14.3 Å². The fourth-order valence-electron chi connectivity index (χ4n) is 1.94. The van der Waals surface area contributed by atoms with E-state index in [1.807, 2.05) is 55.5 Å². The largest absolute Gasteiger partial charge is 0.493 e. The number of hydroxylamine groups is 1. The zero-order valence-corrected chi connectivity index (χ0v) is 12.5. The third-order valence-electron chi connectivity index (χ3n) is 2.99. The molecule has 4 nitrogen and oxygen atoms in total. The number of rotatable bonds is 8. The molecule has 0 unspecified atom stereocenters. The van der Waals surface area contributed by atoms with Gasteiger partial charge in [-0.2, -0.15) is 5.48 Å². The summed E-state index contributed by atoms with van der Waals surface area (Å²) in [6, 6.07) is 15.9. The molecule has 0 radical (unpaired) electrons. The van der Waals surface area contributed by atoms with Crippen LogP contribution in [0.4, 0.5) is 0 Å². The summed E-state index contributed by atoms with van der Waals surface area (Å²) < 4.78 is 10.8. The summed E-state index contributed by atoms with van der Waals surface area (Å²) in [5.74, 6) is 1.49. The smallest absolute Gasteiger partial charge is 0.161 e. The fourth-order valence-corrected chi connectivity index (χ4v) is 1.94. The average Bonchev–Trinajstić information content (AvgIpc) is 2.54. The summed E-state index contributed by atoms with van der Waals surface area (Å²) in [5, 5.41) is 0. The Morgan fingerprint density at radius 1 is 0.952 bits per heavy atom. The van der Waals surface area contributed by atoms with Gasteiger partial charge in [0.1, 0.15) is 0 Å². The summed E-state index contributed by atoms with van der Waals surface area (Å²) >= 11 is 0. The molecule has 0 aliphatic heterocycles. The van der Waals surface area contributed by atoms with Gasteiger partial charge in [0, 0.05) is 6.54 Å². The summed E-state index contributed by atoms with van der Waals surface area (Å²) in [6.07, 6.45) is 0. The van der Waals surface area contributed by atoms with Gasteiger partial charge < -0.3 is 9.47 Å². The maximum absolute atomic E-state index is 5.49. The molecule has 2 aromatic rings. The highest BCUT2D eigenvalue weighted by Crippen LogP contribution is 2.27. The van der Waals surface area contributed by atoms with Crippen molar-refractivity contribution in [2.75, 3.05) is 13.7 Å². The molecule has 2 aromatic carbocycles. The molecule has 0 saturated heterocycles. The average molecular weight is 287 g/mol. The molecular formula is C17H21NO3. The van der Waals surface area contributed by atoms with Crippen LogP contribution in [0.1, 0.15) is 18.1 Å². The quantitative estimate of drug-likeness (QED) is 0.597. The van der Waals surface area contributed by atoms with Crippen molar-refractivity contribution in [1.29, 1.82) is 0 Å². The van der Waals surface area contributed by atoms with Crippen LogP contribution in [0.3, 0.4) is 0 Å². The molecule has 0 aliphatic rings. The topological polar surface area (TPSA) is 39.7 Å². The number of ether oxygens (including phenoxy) is 2. The maximum atomic E-state index is 5.49. The normalized spacial score (nSPS) is 10.4. The number of methoxy groups -OCH3 is 1. The minimum Gasteiger partial charge on any atom is -0.493 e. The van der Waals surface area contributed by atoms with Gasteiger partial charge in [0.25, 0.3) is 0 Å². The van der Waals surface area contributed by atoms with Crippen molar-refractivity contribution in [2.45, 2.75) is 20.1 Å². The molecule has 0 saturated carbocycles. The molecule has 0 aromatic heterocycles. The van der Waals surface area contributed by atoms with E-state index in [1.54, 1.807) is 7.11 Å². The summed E-state index contributed by atoms with van der Waals surface area (Å²) in [7, 11) is 1.64. The van der Waals surface area contributed by atoms with Gasteiger partial charge in [-0.1, -0.05) is 36.4 Å². The van der Waals surface area contributed by atoms with Gasteiger partial charge in [-0.3, -0.25) is 4.84 Å². The highest BCUT2D eigenvalue weighted by Gasteiger charge is 2.05. The zero-order valence-electron chi connectivity index (χ0n) is 12.5. The first-order chi connectivity index (χ1) is 10.3. The lowest BCUT2D eigenvalue weighted by molar-refractivity contribution is 0.0235. The molecule has 0 fully saturated rings. The minimum atomic E-state index is 0.537. The third kappa shape index (κ3) is 4.77. The van der Waals surface area contributed by atoms with Gasteiger partial charge in [-0.25, -0.2) is 0 Å². The van der Waals surface area contributed by atoms with Crippen LogP contribution in [0.15, 0.2) is 48.5 Å². The second-order valence-electron chi connectivity index (χ2n) is 4.51. The Hall–Kier alpha value is -2.04. The Balaban J connectivity index is 1.83. The first-order valence-electron chi connectivity index (χ1n) is 7.01. The van der Waals surface area contributed by atoms with Crippen molar-refractivity contribution in [3.8, 4) is 11.5 Å². The Morgan fingerprint density at radius 2 is 1.76 bits per heavy atom. The van der Waals surface area contributed by atoms with Crippen LogP contribution in [-0.2, 0) is 18.0 Å². The van der Waals surface area contributed by atoms with Crippen LogP contribution in [-0.4, -0.2) is 13.7 Å². The second-order valence-corrected chi connectivity index (χ2v) is 4.51. The Kier molecular flexibility index (Phi) is 6.06. The zero-order chi connectivity index (χ0) is 14.9. The summed E-state index contributed by atoms with van der Waals surface area (Å²) in [6.45, 7) is 3.71. The van der Waals surface area contributed by atoms with Gasteiger partial charge in [0.15, 0.2) is 11.5 Å². The molecule has 0 aliphatic carbocycles. The molecule has 0 atom stereocenters. The minimum absolute atomic E-state index is 0.537. The molecule has 21 heavy (non-hydrogen) atoms. The highest BCUT2D eigenvalue weighted by atomic mass is 16.6. The van der Waals surface area contributed by atoms with Gasteiger partial charge in [-0.05, 0) is 30.2 Å². The molecule has 0 amide bonds. The van der Waals surface area contributed by atoms with E-state index in [4.69, 9.17) is 14.3 Å². The molecule has 1 N–H and O–H groups in total. The van der Waals surface area contributed by atoms with Crippen LogP contribution in [0.2, 0.25) is 0 Å². The first kappa shape index (κ1) is 15.4. The lowest BCUT2D eigenvalue weighted by atomic mass is 10.2. The van der Waals surface area contributed by atoms with Crippen LogP contribution in [0.5, 0.6) is 11.5 Å². The van der Waals surface area contributed by atoms with E-state index in [0.717, 1.165) is 22.6 Å². The lowest BCUT2D eigenvalue weighted by Crippen LogP contribution is -2.14. The molecule has 0 bridgehead atoms. The lowest BCUT2D eigenvalue weighted by Gasteiger charge is -2.11. The Morgan fingerprint density at radius 3 is 2.48 bits per heavy atom. The maximum Gasteiger partial charge on any atom is 0.161 e. The number of hydrogen-bond donors (Lipinski definition) is 1. The molecule has 2 rings (SSSR count). The van der Waals surface area contributed by atoms with Crippen LogP contribution in [0.25, 0.3) is 0 Å². The van der Waals surface area contributed by atoms with Crippen molar-refractivity contribution in [1.82, 2.24) is 5.48 Å². The predicted molar refractivity (Wildman–Crippen MR) is 82.2 cm³/mol. The van der Waals surface area contributed by atoms with Crippen LogP contribution >= 0.6 is 0 Å². The summed E-state index contributed by atoms with van der Waals surface area (Å²) in [5.41, 5.74) is 5.16. The molecule has 0 spiro atoms. The van der Waals surface area contributed by atoms with E-state index in [0.29, 0.717) is 19.8 Å². The number of hydrogen-bond acceptors (Lipinski definition) is 4. The molecule has 4 heteroatoms. The van der Waals surface area contributed by atoms with Gasteiger partial charge in [-0.15, -0.1) is 0 Å². The SMILES string of the molecule is CCOc1ccc(CNOCc2ccccc2)cc1OC. The number of nitrogens with one attached hydrogen (secondary N) is 1. The van der Waals surface area contributed by atoms with E-state index in [-0.39, 0.29) is 0 Å². The van der Waals surface area contributed by atoms with Crippen molar-refractivity contribution in [3.63, 3.8) is 0 Å². The van der Waals surface area contributed by atoms with E-state index in [9.17, 15) is 0 Å². The van der Waals surface area contributed by atoms with E-state index in [2.05, 4.69) is 5.48 Å². The molecule has 112 valence electrons. The standard InChI is InChI=1S/C17H21NO3/c1-3-20-16-10-9-15(11-17(16)19-2)12-18-21-13-14-7-5-4-6-8-14/h4-11,18H,3,12-13H2,1-2H3. The van der Waals surface area contributed by atoms with E-state index >= 15 is 0 Å². The second kappa shape index (κ2) is 8.29. The van der Waals surface area contributed by atoms with Gasteiger partial charge in [0.05, 0.1) is 20.3 Å². The monoisotopic (exact) mass is 287 g/mol. The predicted octanol–water partition coefficient (Wildman–Crippen LogP) is 3.32. The van der Waals surface area contributed by atoms with Gasteiger partial charge >= 0.3 is 0 Å². The third-order valence-corrected chi connectivity index (χ3v) is 2.99.